The van der Waals surface area contributed by atoms with Crippen molar-refractivity contribution < 1.29 is 24.2 Å². The molecule has 0 heterocycles. The second kappa shape index (κ2) is 7.60. The van der Waals surface area contributed by atoms with Crippen LogP contribution in [-0.2, 0) is 19.1 Å². The van der Waals surface area contributed by atoms with Crippen LogP contribution in [0.1, 0.15) is 33.1 Å². The largest absolute Gasteiger partial charge is 0.481 e. The van der Waals surface area contributed by atoms with E-state index < -0.39 is 11.9 Å². The van der Waals surface area contributed by atoms with Crippen molar-refractivity contribution in [1.29, 1.82) is 0 Å². The first kappa shape index (κ1) is 15.3. The second-order valence-corrected chi connectivity index (χ2v) is 3.83. The summed E-state index contributed by atoms with van der Waals surface area (Å²) in [6, 6.07) is 0. The van der Waals surface area contributed by atoms with Gasteiger partial charge in [0.25, 0.3) is 0 Å². The molecule has 0 aromatic rings. The fourth-order valence-electron chi connectivity index (χ4n) is 1.20. The third kappa shape index (κ3) is 6.50. The minimum atomic E-state index is -1.05. The van der Waals surface area contributed by atoms with Crippen molar-refractivity contribution in [2.75, 3.05) is 6.61 Å². The first-order chi connectivity index (χ1) is 7.88. The van der Waals surface area contributed by atoms with Gasteiger partial charge < -0.3 is 9.84 Å². The maximum Gasteiger partial charge on any atom is 0.306 e. The Morgan fingerprint density at radius 2 is 1.88 bits per heavy atom. The molecule has 0 saturated carbocycles. The monoisotopic (exact) mass is 242 g/mol. The van der Waals surface area contributed by atoms with Crippen molar-refractivity contribution in [1.82, 2.24) is 0 Å². The van der Waals surface area contributed by atoms with Gasteiger partial charge in [-0.25, -0.2) is 0 Å². The van der Waals surface area contributed by atoms with Gasteiger partial charge in [0.1, 0.15) is 6.61 Å². The molecule has 1 atom stereocenters. The van der Waals surface area contributed by atoms with Crippen LogP contribution >= 0.6 is 0 Å². The Morgan fingerprint density at radius 3 is 2.29 bits per heavy atom. The molecule has 0 aliphatic rings. The van der Waals surface area contributed by atoms with E-state index >= 15 is 0 Å². The number of hydrogen-bond acceptors (Lipinski definition) is 4. The number of rotatable bonds is 8. The van der Waals surface area contributed by atoms with Gasteiger partial charge >= 0.3 is 11.9 Å². The lowest BCUT2D eigenvalue weighted by atomic mass is 9.98. The van der Waals surface area contributed by atoms with Crippen LogP contribution in [0.25, 0.3) is 0 Å². The van der Waals surface area contributed by atoms with Gasteiger partial charge in [0.05, 0.1) is 18.8 Å². The predicted octanol–water partition coefficient (Wildman–Crippen LogP) is 1.57. The highest BCUT2D eigenvalue weighted by Gasteiger charge is 2.19. The Kier molecular flexibility index (Phi) is 6.86. The molecule has 0 amide bonds. The normalized spacial score (nSPS) is 11.6. The first-order valence-electron chi connectivity index (χ1n) is 5.45. The number of ether oxygens (including phenoxy) is 1. The zero-order chi connectivity index (χ0) is 13.4. The highest BCUT2D eigenvalue weighted by molar-refractivity contribution is 5.96. The van der Waals surface area contributed by atoms with E-state index in [9.17, 15) is 14.4 Å². The third-order valence-electron chi connectivity index (χ3n) is 2.27. The van der Waals surface area contributed by atoms with E-state index in [2.05, 4.69) is 6.58 Å². The van der Waals surface area contributed by atoms with Crippen LogP contribution in [0.5, 0.6) is 0 Å². The van der Waals surface area contributed by atoms with Crippen LogP contribution in [-0.4, -0.2) is 29.4 Å². The summed E-state index contributed by atoms with van der Waals surface area (Å²) in [6.07, 6.45) is 0.120. The second-order valence-electron chi connectivity index (χ2n) is 3.83. The minimum absolute atomic E-state index is 0.0132. The van der Waals surface area contributed by atoms with Crippen LogP contribution in [0.15, 0.2) is 12.2 Å². The summed E-state index contributed by atoms with van der Waals surface area (Å²) in [4.78, 5) is 32.9. The number of hydrogen-bond donors (Lipinski definition) is 1. The summed E-state index contributed by atoms with van der Waals surface area (Å²) in [6.45, 7) is 6.95. The average molecular weight is 242 g/mol. The van der Waals surface area contributed by atoms with E-state index in [1.54, 1.807) is 6.92 Å². The van der Waals surface area contributed by atoms with Crippen LogP contribution < -0.4 is 0 Å². The number of aliphatic carboxylic acids is 1. The Labute approximate surface area is 100 Å². The van der Waals surface area contributed by atoms with Gasteiger partial charge in [0.2, 0.25) is 0 Å². The molecule has 0 radical (unpaired) electrons. The van der Waals surface area contributed by atoms with Crippen LogP contribution in [0.2, 0.25) is 0 Å². The van der Waals surface area contributed by atoms with E-state index in [0.717, 1.165) is 0 Å². The Balaban J connectivity index is 4.06. The molecule has 0 rings (SSSR count). The molecule has 5 nitrogen and oxygen atoms in total. The van der Waals surface area contributed by atoms with Crippen molar-refractivity contribution in [3.8, 4) is 0 Å². The molecule has 5 heteroatoms. The number of ketones is 1. The standard InChI is InChI=1S/C12H18O5/c1-4-9(12(16)8(2)3)7-17-11(15)6-5-10(13)14/h9H,2,4-7H2,1,3H3,(H,13,14). The molecule has 96 valence electrons. The van der Waals surface area contributed by atoms with Crippen molar-refractivity contribution in [2.45, 2.75) is 33.1 Å². The molecule has 0 saturated heterocycles. The molecule has 0 fully saturated rings. The topological polar surface area (TPSA) is 80.7 Å². The SMILES string of the molecule is C=C(C)C(=O)C(CC)COC(=O)CCC(=O)O. The van der Waals surface area contributed by atoms with E-state index in [-0.39, 0.29) is 31.1 Å². The highest BCUT2D eigenvalue weighted by atomic mass is 16.5. The van der Waals surface area contributed by atoms with Crippen molar-refractivity contribution in [3.05, 3.63) is 12.2 Å². The Bertz CT molecular complexity index is 319. The molecule has 1 N–H and O–H groups in total. The van der Waals surface area contributed by atoms with Crippen LogP contribution in [0, 0.1) is 5.92 Å². The number of Topliss-reactive ketones (excluding diaryl/α,β-unsaturated/α-hetero) is 1. The number of carboxylic acids is 1. The van der Waals surface area contributed by atoms with Crippen LogP contribution in [0.4, 0.5) is 0 Å². The number of carboxylic acid groups (broad SMARTS) is 1. The molecule has 0 aromatic carbocycles. The van der Waals surface area contributed by atoms with Crippen molar-refractivity contribution >= 4 is 17.7 Å². The van der Waals surface area contributed by atoms with Crippen molar-refractivity contribution in [2.24, 2.45) is 5.92 Å². The molecule has 1 unspecified atom stereocenters. The van der Waals surface area contributed by atoms with Gasteiger partial charge in [-0.05, 0) is 18.9 Å². The van der Waals surface area contributed by atoms with Gasteiger partial charge in [-0.15, -0.1) is 0 Å². The van der Waals surface area contributed by atoms with E-state index in [1.165, 1.54) is 0 Å². The molecular weight excluding hydrogens is 224 g/mol. The minimum Gasteiger partial charge on any atom is -0.481 e. The maximum atomic E-state index is 11.6. The predicted molar refractivity (Wildman–Crippen MR) is 61.4 cm³/mol. The molecule has 0 aliphatic carbocycles. The molecule has 0 bridgehead atoms. The zero-order valence-electron chi connectivity index (χ0n) is 10.2. The van der Waals surface area contributed by atoms with E-state index in [1.807, 2.05) is 6.92 Å². The molecular formula is C12H18O5. The van der Waals surface area contributed by atoms with Gasteiger partial charge in [-0.3, -0.25) is 14.4 Å². The smallest absolute Gasteiger partial charge is 0.306 e. The Hall–Kier alpha value is -1.65. The third-order valence-corrected chi connectivity index (χ3v) is 2.27. The zero-order valence-corrected chi connectivity index (χ0v) is 10.2. The Morgan fingerprint density at radius 1 is 1.29 bits per heavy atom. The molecule has 0 spiro atoms. The summed E-state index contributed by atoms with van der Waals surface area (Å²) in [5.41, 5.74) is 0.429. The molecule has 0 aliphatic heterocycles. The summed E-state index contributed by atoms with van der Waals surface area (Å²) < 4.78 is 4.85. The molecule has 0 aromatic heterocycles. The lowest BCUT2D eigenvalue weighted by molar-refractivity contribution is -0.149. The highest BCUT2D eigenvalue weighted by Crippen LogP contribution is 2.10. The quantitative estimate of drug-likeness (QED) is 0.516. The van der Waals surface area contributed by atoms with Gasteiger partial charge in [-0.1, -0.05) is 13.5 Å². The fourth-order valence-corrected chi connectivity index (χ4v) is 1.20. The number of allylic oxidation sites excluding steroid dienone is 1. The average Bonchev–Trinajstić information content (AvgIpc) is 2.26. The lowest BCUT2D eigenvalue weighted by Crippen LogP contribution is -2.22. The number of carbonyl (C=O) groups is 3. The molecule has 17 heavy (non-hydrogen) atoms. The van der Waals surface area contributed by atoms with Crippen LogP contribution in [0.3, 0.4) is 0 Å². The summed E-state index contributed by atoms with van der Waals surface area (Å²) in [5, 5.41) is 8.37. The van der Waals surface area contributed by atoms with E-state index in [0.29, 0.717) is 12.0 Å². The summed E-state index contributed by atoms with van der Waals surface area (Å²) >= 11 is 0. The summed E-state index contributed by atoms with van der Waals surface area (Å²) in [5.74, 6) is -2.16. The van der Waals surface area contributed by atoms with Gasteiger partial charge in [0.15, 0.2) is 5.78 Å². The van der Waals surface area contributed by atoms with Gasteiger partial charge in [0, 0.05) is 0 Å². The maximum absolute atomic E-state index is 11.6. The lowest BCUT2D eigenvalue weighted by Gasteiger charge is -2.13. The number of carbonyl (C=O) groups excluding carboxylic acids is 2. The number of esters is 1. The van der Waals surface area contributed by atoms with Crippen molar-refractivity contribution in [3.63, 3.8) is 0 Å². The fraction of sp³-hybridized carbons (Fsp3) is 0.583. The first-order valence-corrected chi connectivity index (χ1v) is 5.45. The van der Waals surface area contributed by atoms with E-state index in [4.69, 9.17) is 9.84 Å². The van der Waals surface area contributed by atoms with Gasteiger partial charge in [-0.2, -0.15) is 0 Å². The summed E-state index contributed by atoms with van der Waals surface area (Å²) in [7, 11) is 0.